The number of carbonyl (C=O) groups is 1. The minimum absolute atomic E-state index is 0.323. The van der Waals surface area contributed by atoms with Crippen LogP contribution in [0.1, 0.15) is 36.8 Å². The van der Waals surface area contributed by atoms with Gasteiger partial charge in [-0.2, -0.15) is 13.2 Å². The summed E-state index contributed by atoms with van der Waals surface area (Å²) in [6, 6.07) is 7.97. The molecule has 2 rings (SSSR count). The van der Waals surface area contributed by atoms with Gasteiger partial charge in [-0.15, -0.1) is 0 Å². The van der Waals surface area contributed by atoms with Crippen LogP contribution in [0.3, 0.4) is 0 Å². The third-order valence-corrected chi connectivity index (χ3v) is 3.52. The van der Waals surface area contributed by atoms with Gasteiger partial charge in [0.1, 0.15) is 0 Å². The maximum absolute atomic E-state index is 12.1. The van der Waals surface area contributed by atoms with Crippen molar-refractivity contribution in [3.8, 4) is 0 Å². The summed E-state index contributed by atoms with van der Waals surface area (Å²) in [6.45, 7) is 1.99. The lowest BCUT2D eigenvalue weighted by Gasteiger charge is -2.18. The molecule has 0 aromatic heterocycles. The zero-order valence-corrected chi connectivity index (χ0v) is 11.4. The Balaban J connectivity index is 1.87. The molecule has 0 aliphatic heterocycles. The maximum Gasteiger partial charge on any atom is 0.389 e. The second-order valence-electron chi connectivity index (χ2n) is 5.61. The van der Waals surface area contributed by atoms with Crippen molar-refractivity contribution < 1.29 is 18.0 Å². The molecule has 0 radical (unpaired) electrons. The van der Waals surface area contributed by atoms with E-state index in [-0.39, 0.29) is 5.54 Å². The van der Waals surface area contributed by atoms with E-state index in [2.05, 4.69) is 5.32 Å². The average Bonchev–Trinajstić information content (AvgIpc) is 3.05. The van der Waals surface area contributed by atoms with Crippen LogP contribution in [0.25, 0.3) is 0 Å². The molecular weight excluding hydrogens is 267 g/mol. The minimum atomic E-state index is -4.27. The third kappa shape index (κ3) is 4.54. The molecule has 1 fully saturated rings. The number of hydrogen-bond acceptors (Lipinski definition) is 1. The fraction of sp³-hybridized carbons (Fsp3) is 0.533. The number of benzene rings is 1. The van der Waals surface area contributed by atoms with Crippen LogP contribution >= 0.6 is 0 Å². The van der Waals surface area contributed by atoms with Crippen molar-refractivity contribution in [3.05, 3.63) is 35.4 Å². The lowest BCUT2D eigenvalue weighted by Crippen LogP contribution is -2.38. The first-order chi connectivity index (χ1) is 9.28. The molecule has 1 N–H and O–H groups in total. The van der Waals surface area contributed by atoms with Gasteiger partial charge in [-0.05, 0) is 31.7 Å². The highest BCUT2D eigenvalue weighted by molar-refractivity contribution is 5.77. The van der Waals surface area contributed by atoms with Gasteiger partial charge in [0.2, 0.25) is 5.91 Å². The normalized spacial score (nSPS) is 16.8. The average molecular weight is 285 g/mol. The van der Waals surface area contributed by atoms with Crippen LogP contribution in [0, 0.1) is 6.92 Å². The summed E-state index contributed by atoms with van der Waals surface area (Å²) in [5.41, 5.74) is 1.93. The summed E-state index contributed by atoms with van der Waals surface area (Å²) in [5.74, 6) is -0.507. The van der Waals surface area contributed by atoms with Crippen LogP contribution < -0.4 is 5.32 Å². The van der Waals surface area contributed by atoms with Crippen molar-refractivity contribution in [2.24, 2.45) is 0 Å². The molecule has 2 nitrogen and oxygen atoms in total. The monoisotopic (exact) mass is 285 g/mol. The van der Waals surface area contributed by atoms with Gasteiger partial charge in [-0.1, -0.05) is 29.8 Å². The number of carbonyl (C=O) groups excluding carboxylic acids is 1. The fourth-order valence-corrected chi connectivity index (χ4v) is 2.32. The smallest absolute Gasteiger partial charge is 0.350 e. The molecule has 1 aliphatic rings. The van der Waals surface area contributed by atoms with Crippen LogP contribution in [0.4, 0.5) is 13.2 Å². The number of halogens is 3. The largest absolute Gasteiger partial charge is 0.389 e. The highest BCUT2D eigenvalue weighted by Gasteiger charge is 2.44. The van der Waals surface area contributed by atoms with Crippen molar-refractivity contribution in [2.75, 3.05) is 0 Å². The molecule has 1 aromatic rings. The number of alkyl halides is 3. The Bertz CT molecular complexity index is 492. The Morgan fingerprint density at radius 3 is 2.60 bits per heavy atom. The predicted octanol–water partition coefficient (Wildman–Crippen LogP) is 3.53. The summed E-state index contributed by atoms with van der Waals surface area (Å²) in [5, 5.41) is 2.77. The molecule has 1 amide bonds. The van der Waals surface area contributed by atoms with Crippen molar-refractivity contribution in [2.45, 2.75) is 50.7 Å². The maximum atomic E-state index is 12.1. The Morgan fingerprint density at radius 1 is 1.35 bits per heavy atom. The van der Waals surface area contributed by atoms with E-state index in [1.165, 1.54) is 0 Å². The number of nitrogens with one attached hydrogen (secondary N) is 1. The Labute approximate surface area is 116 Å². The first kappa shape index (κ1) is 14.9. The molecule has 0 saturated heterocycles. The number of rotatable bonds is 5. The second-order valence-corrected chi connectivity index (χ2v) is 5.61. The van der Waals surface area contributed by atoms with Crippen molar-refractivity contribution >= 4 is 5.91 Å². The molecule has 0 atom stereocenters. The van der Waals surface area contributed by atoms with E-state index in [1.807, 2.05) is 31.2 Å². The van der Waals surface area contributed by atoms with Crippen LogP contribution in [0.2, 0.25) is 0 Å². The van der Waals surface area contributed by atoms with Gasteiger partial charge in [0.05, 0.1) is 6.42 Å². The number of amides is 1. The SMILES string of the molecule is Cc1cccc(CC2(NC(=O)CCC(F)(F)F)CC2)c1. The fourth-order valence-electron chi connectivity index (χ4n) is 2.32. The Hall–Kier alpha value is -1.52. The zero-order valence-electron chi connectivity index (χ0n) is 11.4. The zero-order chi connectivity index (χ0) is 14.8. The van der Waals surface area contributed by atoms with Gasteiger partial charge in [0.25, 0.3) is 0 Å². The third-order valence-electron chi connectivity index (χ3n) is 3.52. The molecule has 0 spiro atoms. The molecule has 1 aromatic carbocycles. The molecule has 1 saturated carbocycles. The molecule has 5 heteroatoms. The quantitative estimate of drug-likeness (QED) is 0.881. The van der Waals surface area contributed by atoms with Gasteiger partial charge in [0, 0.05) is 12.0 Å². The van der Waals surface area contributed by atoms with Crippen LogP contribution in [-0.4, -0.2) is 17.6 Å². The Kier molecular flexibility index (Phi) is 4.06. The van der Waals surface area contributed by atoms with Gasteiger partial charge >= 0.3 is 6.18 Å². The molecule has 0 unspecified atom stereocenters. The molecule has 0 heterocycles. The van der Waals surface area contributed by atoms with Crippen LogP contribution in [-0.2, 0) is 11.2 Å². The molecular formula is C15H18F3NO. The van der Waals surface area contributed by atoms with E-state index in [0.717, 1.165) is 24.0 Å². The summed E-state index contributed by atoms with van der Waals surface area (Å²) in [4.78, 5) is 11.6. The van der Waals surface area contributed by atoms with E-state index >= 15 is 0 Å². The molecule has 20 heavy (non-hydrogen) atoms. The van der Waals surface area contributed by atoms with Crippen LogP contribution in [0.15, 0.2) is 24.3 Å². The minimum Gasteiger partial charge on any atom is -0.350 e. The lowest BCUT2D eigenvalue weighted by molar-refractivity contribution is -0.144. The summed E-state index contributed by atoms with van der Waals surface area (Å²) < 4.78 is 36.2. The number of hydrogen-bond donors (Lipinski definition) is 1. The topological polar surface area (TPSA) is 29.1 Å². The first-order valence-corrected chi connectivity index (χ1v) is 6.71. The van der Waals surface area contributed by atoms with E-state index < -0.39 is 24.9 Å². The van der Waals surface area contributed by atoms with E-state index in [9.17, 15) is 18.0 Å². The highest BCUT2D eigenvalue weighted by Crippen LogP contribution is 2.39. The Morgan fingerprint density at radius 2 is 2.05 bits per heavy atom. The summed E-state index contributed by atoms with van der Waals surface area (Å²) in [7, 11) is 0. The summed E-state index contributed by atoms with van der Waals surface area (Å²) >= 11 is 0. The van der Waals surface area contributed by atoms with Crippen molar-refractivity contribution in [1.29, 1.82) is 0 Å². The van der Waals surface area contributed by atoms with Gasteiger partial charge < -0.3 is 5.32 Å². The standard InChI is InChI=1S/C15H18F3NO/c1-11-3-2-4-12(9-11)10-14(7-8-14)19-13(20)5-6-15(16,17)18/h2-4,9H,5-8,10H2,1H3,(H,19,20). The molecule has 110 valence electrons. The van der Waals surface area contributed by atoms with Gasteiger partial charge in [-0.3, -0.25) is 4.79 Å². The molecule has 0 bridgehead atoms. The van der Waals surface area contributed by atoms with E-state index in [0.29, 0.717) is 6.42 Å². The van der Waals surface area contributed by atoms with Crippen molar-refractivity contribution in [1.82, 2.24) is 5.32 Å². The second kappa shape index (κ2) is 5.46. The van der Waals surface area contributed by atoms with Gasteiger partial charge in [-0.25, -0.2) is 0 Å². The molecule has 1 aliphatic carbocycles. The first-order valence-electron chi connectivity index (χ1n) is 6.71. The summed E-state index contributed by atoms with van der Waals surface area (Å²) in [6.07, 6.45) is -3.47. The van der Waals surface area contributed by atoms with E-state index in [1.54, 1.807) is 0 Å². The highest BCUT2D eigenvalue weighted by atomic mass is 19.4. The van der Waals surface area contributed by atoms with Gasteiger partial charge in [0.15, 0.2) is 0 Å². The lowest BCUT2D eigenvalue weighted by atomic mass is 10.0. The van der Waals surface area contributed by atoms with Crippen molar-refractivity contribution in [3.63, 3.8) is 0 Å². The predicted molar refractivity (Wildman–Crippen MR) is 70.3 cm³/mol. The van der Waals surface area contributed by atoms with Crippen LogP contribution in [0.5, 0.6) is 0 Å². The van der Waals surface area contributed by atoms with E-state index in [4.69, 9.17) is 0 Å². The number of aryl methyl sites for hydroxylation is 1.